The fourth-order valence-electron chi connectivity index (χ4n) is 8.94. The molecule has 4 heteroatoms. The second-order valence-corrected chi connectivity index (χ2v) is 15.7. The molecule has 0 aliphatic heterocycles. The lowest BCUT2D eigenvalue weighted by molar-refractivity contribution is 1.18. The van der Waals surface area contributed by atoms with Gasteiger partial charge < -0.3 is 9.13 Å². The highest BCUT2D eigenvalue weighted by atomic mass is 15.0. The average Bonchev–Trinajstić information content (AvgIpc) is 3.87. The normalized spacial score (nSPS) is 11.9. The molecule has 3 heterocycles. The summed E-state index contributed by atoms with van der Waals surface area (Å²) in [6.45, 7) is 2.00. The Morgan fingerprint density at radius 3 is 1.75 bits per heavy atom. The van der Waals surface area contributed by atoms with E-state index in [4.69, 9.17) is 16.4 Å². The Hall–Kier alpha value is -8.52. The SMILES string of the molecule is C#C/C(=C\C=C/C)n1c2ccccc2c2ccc(-c3ccc4c(c3)c3ccccc3n4-c3ccc(-c4cccc(-c5cc(-c6ccccc6)nc(-c6ccccc6)n5)c4)cc3)cc21. The molecule has 3 aromatic heterocycles. The van der Waals surface area contributed by atoms with Crippen LogP contribution < -0.4 is 0 Å². The minimum Gasteiger partial charge on any atom is -0.309 e. The first-order valence-electron chi connectivity index (χ1n) is 21.2. The second-order valence-electron chi connectivity index (χ2n) is 15.7. The lowest BCUT2D eigenvalue weighted by atomic mass is 10.00. The van der Waals surface area contributed by atoms with Crippen molar-refractivity contribution in [2.45, 2.75) is 6.92 Å². The number of rotatable bonds is 8. The lowest BCUT2D eigenvalue weighted by Gasteiger charge is -2.12. The monoisotopic (exact) mass is 804 g/mol. The minimum atomic E-state index is 0.705. The molecule has 0 N–H and O–H groups in total. The van der Waals surface area contributed by atoms with E-state index in [1.165, 1.54) is 21.5 Å². The van der Waals surface area contributed by atoms with E-state index in [1.54, 1.807) is 0 Å². The van der Waals surface area contributed by atoms with Crippen molar-refractivity contribution >= 4 is 49.3 Å². The second kappa shape index (κ2) is 15.8. The van der Waals surface area contributed by atoms with Crippen LogP contribution in [0.5, 0.6) is 0 Å². The third-order valence-corrected chi connectivity index (χ3v) is 12.0. The summed E-state index contributed by atoms with van der Waals surface area (Å²) in [6.07, 6.45) is 12.1. The van der Waals surface area contributed by atoms with E-state index in [-0.39, 0.29) is 0 Å². The molecule has 0 aliphatic rings. The van der Waals surface area contributed by atoms with Gasteiger partial charge in [-0.05, 0) is 89.9 Å². The molecule has 4 nitrogen and oxygen atoms in total. The van der Waals surface area contributed by atoms with Crippen molar-refractivity contribution in [3.8, 4) is 74.2 Å². The number of fused-ring (bicyclic) bond motifs is 6. The number of nitrogens with zero attached hydrogens (tertiary/aromatic N) is 4. The number of terminal acetylenes is 1. The maximum absolute atomic E-state index is 6.13. The first-order valence-corrected chi connectivity index (χ1v) is 21.2. The first-order chi connectivity index (χ1) is 31.1. The van der Waals surface area contributed by atoms with E-state index in [0.29, 0.717) is 5.82 Å². The van der Waals surface area contributed by atoms with Crippen LogP contribution in [-0.2, 0) is 0 Å². The molecule has 8 aromatic carbocycles. The largest absolute Gasteiger partial charge is 0.309 e. The third-order valence-electron chi connectivity index (χ3n) is 12.0. The van der Waals surface area contributed by atoms with Crippen LogP contribution in [0.15, 0.2) is 218 Å². The van der Waals surface area contributed by atoms with Gasteiger partial charge in [-0.25, -0.2) is 9.97 Å². The molecule has 63 heavy (non-hydrogen) atoms. The molecule has 0 unspecified atom stereocenters. The number of para-hydroxylation sites is 2. The number of hydrogen-bond acceptors (Lipinski definition) is 2. The average molecular weight is 805 g/mol. The molecule has 0 saturated carbocycles. The van der Waals surface area contributed by atoms with Gasteiger partial charge in [0, 0.05) is 43.9 Å². The van der Waals surface area contributed by atoms with E-state index in [9.17, 15) is 0 Å². The first kappa shape index (κ1) is 37.5. The van der Waals surface area contributed by atoms with Gasteiger partial charge in [-0.2, -0.15) is 0 Å². The molecule has 0 radical (unpaired) electrons. The summed E-state index contributed by atoms with van der Waals surface area (Å²) in [4.78, 5) is 10.1. The molecular weight excluding hydrogens is 765 g/mol. The van der Waals surface area contributed by atoms with Gasteiger partial charge in [0.1, 0.15) is 0 Å². The van der Waals surface area contributed by atoms with Crippen molar-refractivity contribution in [1.29, 1.82) is 0 Å². The van der Waals surface area contributed by atoms with Crippen LogP contribution in [-0.4, -0.2) is 19.1 Å². The van der Waals surface area contributed by atoms with Crippen molar-refractivity contribution in [2.24, 2.45) is 0 Å². The van der Waals surface area contributed by atoms with Gasteiger partial charge >= 0.3 is 0 Å². The fourth-order valence-corrected chi connectivity index (χ4v) is 8.94. The number of allylic oxidation sites excluding steroid dienone is 4. The zero-order chi connectivity index (χ0) is 42.3. The topological polar surface area (TPSA) is 35.6 Å². The fraction of sp³-hybridized carbons (Fsp3) is 0.0169. The molecule has 0 amide bonds. The molecule has 11 rings (SSSR count). The van der Waals surface area contributed by atoms with Gasteiger partial charge in [-0.3, -0.25) is 0 Å². The van der Waals surface area contributed by atoms with Crippen LogP contribution in [0.3, 0.4) is 0 Å². The van der Waals surface area contributed by atoms with Crippen LogP contribution in [0.4, 0.5) is 0 Å². The zero-order valence-corrected chi connectivity index (χ0v) is 34.7. The van der Waals surface area contributed by atoms with Crippen LogP contribution in [0.25, 0.3) is 111 Å². The summed E-state index contributed by atoms with van der Waals surface area (Å²) >= 11 is 0. The Balaban J connectivity index is 0.967. The van der Waals surface area contributed by atoms with Gasteiger partial charge in [0.05, 0.1) is 39.2 Å². The van der Waals surface area contributed by atoms with Gasteiger partial charge in [0.15, 0.2) is 5.82 Å². The highest BCUT2D eigenvalue weighted by Crippen LogP contribution is 2.39. The summed E-state index contributed by atoms with van der Waals surface area (Å²) < 4.78 is 4.58. The highest BCUT2D eigenvalue weighted by molar-refractivity contribution is 6.13. The van der Waals surface area contributed by atoms with E-state index >= 15 is 0 Å². The van der Waals surface area contributed by atoms with Gasteiger partial charge in [0.25, 0.3) is 0 Å². The van der Waals surface area contributed by atoms with Gasteiger partial charge in [0.2, 0.25) is 0 Å². The number of aromatic nitrogens is 4. The minimum absolute atomic E-state index is 0.705. The Bertz CT molecular complexity index is 3560. The summed E-state index contributed by atoms with van der Waals surface area (Å²) in [5.74, 6) is 3.65. The molecule has 11 aromatic rings. The Morgan fingerprint density at radius 2 is 1.00 bits per heavy atom. The van der Waals surface area contributed by atoms with E-state index in [0.717, 1.165) is 83.8 Å². The number of benzene rings is 8. The van der Waals surface area contributed by atoms with Crippen molar-refractivity contribution in [3.63, 3.8) is 0 Å². The van der Waals surface area contributed by atoms with Crippen molar-refractivity contribution in [3.05, 3.63) is 218 Å². The molecular formula is C59H40N4. The summed E-state index contributed by atoms with van der Waals surface area (Å²) in [5.41, 5.74) is 15.8. The lowest BCUT2D eigenvalue weighted by Crippen LogP contribution is -1.96. The van der Waals surface area contributed by atoms with Gasteiger partial charge in [-0.1, -0.05) is 164 Å². The van der Waals surface area contributed by atoms with E-state index < -0.39 is 0 Å². The predicted molar refractivity (Wildman–Crippen MR) is 264 cm³/mol. The van der Waals surface area contributed by atoms with Crippen LogP contribution in [0.2, 0.25) is 0 Å². The van der Waals surface area contributed by atoms with Crippen LogP contribution in [0.1, 0.15) is 6.92 Å². The van der Waals surface area contributed by atoms with Crippen molar-refractivity contribution in [2.75, 3.05) is 0 Å². The number of hydrogen-bond donors (Lipinski definition) is 0. The van der Waals surface area contributed by atoms with Crippen molar-refractivity contribution < 1.29 is 0 Å². The Morgan fingerprint density at radius 1 is 0.444 bits per heavy atom. The smallest absolute Gasteiger partial charge is 0.160 e. The molecule has 0 atom stereocenters. The Labute approximate surface area is 366 Å². The van der Waals surface area contributed by atoms with E-state index in [2.05, 4.69) is 179 Å². The zero-order valence-electron chi connectivity index (χ0n) is 34.7. The molecule has 0 spiro atoms. The highest BCUT2D eigenvalue weighted by Gasteiger charge is 2.17. The Kier molecular flexibility index (Phi) is 9.41. The van der Waals surface area contributed by atoms with E-state index in [1.807, 2.05) is 61.5 Å². The van der Waals surface area contributed by atoms with Gasteiger partial charge in [-0.15, -0.1) is 6.42 Å². The summed E-state index contributed by atoms with van der Waals surface area (Å²) in [6, 6.07) is 70.8. The maximum atomic E-state index is 6.13. The van der Waals surface area contributed by atoms with Crippen LogP contribution >= 0.6 is 0 Å². The summed E-state index contributed by atoms with van der Waals surface area (Å²) in [5, 5.41) is 4.76. The molecule has 0 saturated heterocycles. The molecule has 296 valence electrons. The third kappa shape index (κ3) is 6.70. The standard InChI is InChI=1S/C59H40N4/c1-3-5-23-47(4-2)62-55-26-14-12-24-49(55)51-34-30-45(38-58(51)62)44-31-35-57-52(37-44)50-25-13-15-27-56(50)63(57)48-32-28-40(29-33-48)43-21-16-22-46(36-43)54-39-53(41-17-8-6-9-18-41)60-59(61-54)42-19-10-7-11-20-42/h2-3,5-39H,1H3/b5-3-,47-23+. The summed E-state index contributed by atoms with van der Waals surface area (Å²) in [7, 11) is 0. The molecule has 0 fully saturated rings. The predicted octanol–water partition coefficient (Wildman–Crippen LogP) is 15.1. The van der Waals surface area contributed by atoms with Crippen LogP contribution in [0, 0.1) is 12.3 Å². The molecule has 0 aliphatic carbocycles. The quantitative estimate of drug-likeness (QED) is 0.113. The molecule has 0 bridgehead atoms. The maximum Gasteiger partial charge on any atom is 0.160 e. The van der Waals surface area contributed by atoms with Crippen molar-refractivity contribution in [1.82, 2.24) is 19.1 Å².